The maximum Gasteiger partial charge on any atom is 0.224 e. The first-order chi connectivity index (χ1) is 12.5. The van der Waals surface area contributed by atoms with Crippen LogP contribution in [0.4, 0.5) is 5.69 Å². The zero-order valence-corrected chi connectivity index (χ0v) is 15.0. The Balaban J connectivity index is 1.64. The van der Waals surface area contributed by atoms with Gasteiger partial charge in [0.2, 0.25) is 5.91 Å². The Morgan fingerprint density at radius 2 is 2.08 bits per heavy atom. The first-order valence-electron chi connectivity index (χ1n) is 8.72. The topological polar surface area (TPSA) is 95.4 Å². The number of benzene rings is 1. The van der Waals surface area contributed by atoms with Crippen LogP contribution in [0.25, 0.3) is 11.4 Å². The first-order valence-corrected chi connectivity index (χ1v) is 8.72. The minimum absolute atomic E-state index is 0.0885. The Kier molecular flexibility index (Phi) is 5.12. The number of anilines is 1. The number of carbonyl (C=O) groups excluding carboxylic acids is 1. The van der Waals surface area contributed by atoms with Crippen molar-refractivity contribution in [3.63, 3.8) is 0 Å². The van der Waals surface area contributed by atoms with Gasteiger partial charge in [0.25, 0.3) is 0 Å². The van der Waals surface area contributed by atoms with Crippen LogP contribution in [0.1, 0.15) is 51.3 Å². The number of nitrogens with one attached hydrogen (secondary N) is 2. The minimum atomic E-state index is -0.445. The van der Waals surface area contributed by atoms with Crippen molar-refractivity contribution in [2.24, 2.45) is 10.2 Å². The Hall–Kier alpha value is -3.01. The van der Waals surface area contributed by atoms with Gasteiger partial charge in [0.05, 0.1) is 5.69 Å². The van der Waals surface area contributed by atoms with Crippen LogP contribution in [0.15, 0.2) is 34.5 Å². The summed E-state index contributed by atoms with van der Waals surface area (Å²) < 4.78 is 0. The summed E-state index contributed by atoms with van der Waals surface area (Å²) in [7, 11) is 0. The van der Waals surface area contributed by atoms with E-state index >= 15 is 0 Å². The molecule has 1 aromatic carbocycles. The molecule has 2 heterocycles. The Morgan fingerprint density at radius 3 is 2.73 bits per heavy atom. The number of carbonyl (C=O) groups is 1. The van der Waals surface area contributed by atoms with Crippen LogP contribution in [0.5, 0.6) is 0 Å². The predicted molar refractivity (Wildman–Crippen MR) is 99.4 cm³/mol. The lowest BCUT2D eigenvalue weighted by Crippen LogP contribution is -2.18. The fourth-order valence-corrected chi connectivity index (χ4v) is 2.63. The molecule has 0 saturated heterocycles. The van der Waals surface area contributed by atoms with E-state index in [-0.39, 0.29) is 11.8 Å². The molecule has 0 saturated carbocycles. The van der Waals surface area contributed by atoms with Crippen molar-refractivity contribution in [3.05, 3.63) is 30.1 Å². The number of aromatic amines is 1. The Bertz CT molecular complexity index is 855. The smallest absolute Gasteiger partial charge is 0.224 e. The number of terminal acetylenes is 1. The van der Waals surface area contributed by atoms with E-state index < -0.39 is 5.66 Å². The second-order valence-corrected chi connectivity index (χ2v) is 6.68. The van der Waals surface area contributed by atoms with Gasteiger partial charge in [-0.25, -0.2) is 4.98 Å². The maximum atomic E-state index is 12.4. The van der Waals surface area contributed by atoms with E-state index in [1.165, 1.54) is 0 Å². The zero-order chi connectivity index (χ0) is 18.6. The molecule has 7 nitrogen and oxygen atoms in total. The molecule has 0 bridgehead atoms. The highest BCUT2D eigenvalue weighted by Gasteiger charge is 2.39. The first kappa shape index (κ1) is 17.8. The van der Waals surface area contributed by atoms with Crippen LogP contribution in [-0.4, -0.2) is 26.8 Å². The van der Waals surface area contributed by atoms with E-state index in [1.54, 1.807) is 0 Å². The summed E-state index contributed by atoms with van der Waals surface area (Å²) in [6.45, 7) is 4.09. The summed E-state index contributed by atoms with van der Waals surface area (Å²) in [5.74, 6) is 4.14. The largest absolute Gasteiger partial charge is 0.325 e. The average Bonchev–Trinajstić information content (AvgIpc) is 3.23. The minimum Gasteiger partial charge on any atom is -0.325 e. The van der Waals surface area contributed by atoms with Gasteiger partial charge in [-0.05, 0) is 12.1 Å². The molecule has 1 aliphatic rings. The summed E-state index contributed by atoms with van der Waals surface area (Å²) in [4.78, 5) is 16.9. The van der Waals surface area contributed by atoms with E-state index in [4.69, 9.17) is 6.42 Å². The highest BCUT2D eigenvalue weighted by atomic mass is 16.1. The van der Waals surface area contributed by atoms with E-state index in [2.05, 4.69) is 36.6 Å². The summed E-state index contributed by atoms with van der Waals surface area (Å²) in [6, 6.07) is 7.50. The van der Waals surface area contributed by atoms with Gasteiger partial charge in [-0.1, -0.05) is 26.0 Å². The third kappa shape index (κ3) is 4.14. The molecule has 1 aliphatic heterocycles. The number of H-pyrrole nitrogens is 1. The van der Waals surface area contributed by atoms with Gasteiger partial charge in [-0.2, -0.15) is 15.3 Å². The molecule has 0 aliphatic carbocycles. The summed E-state index contributed by atoms with van der Waals surface area (Å²) in [5.41, 5.74) is 1.03. The molecule has 7 heteroatoms. The molecule has 1 amide bonds. The summed E-state index contributed by atoms with van der Waals surface area (Å²) >= 11 is 0. The molecule has 26 heavy (non-hydrogen) atoms. The van der Waals surface area contributed by atoms with Crippen molar-refractivity contribution >= 4 is 11.6 Å². The number of aromatic nitrogens is 3. The fraction of sp³-hybridized carbons (Fsp3) is 0.421. The molecule has 1 aromatic heterocycles. The number of hydrogen-bond donors (Lipinski definition) is 2. The van der Waals surface area contributed by atoms with Crippen molar-refractivity contribution in [2.75, 3.05) is 5.32 Å². The highest BCUT2D eigenvalue weighted by Crippen LogP contribution is 2.37. The molecule has 0 atom stereocenters. The zero-order valence-electron chi connectivity index (χ0n) is 15.0. The molecule has 3 rings (SSSR count). The van der Waals surface area contributed by atoms with Crippen LogP contribution in [0.2, 0.25) is 0 Å². The maximum absolute atomic E-state index is 12.4. The summed E-state index contributed by atoms with van der Waals surface area (Å²) in [5, 5.41) is 18.3. The van der Waals surface area contributed by atoms with Crippen molar-refractivity contribution in [2.45, 2.75) is 51.1 Å². The van der Waals surface area contributed by atoms with Gasteiger partial charge in [-0.3, -0.25) is 9.89 Å². The van der Waals surface area contributed by atoms with Gasteiger partial charge in [-0.15, -0.1) is 12.3 Å². The molecule has 0 spiro atoms. The second kappa shape index (κ2) is 7.48. The lowest BCUT2D eigenvalue weighted by atomic mass is 10.0. The number of nitrogens with zero attached hydrogens (tertiary/aromatic N) is 4. The molecule has 0 fully saturated rings. The molecular weight excluding hydrogens is 328 g/mol. The van der Waals surface area contributed by atoms with Crippen molar-refractivity contribution in [1.82, 2.24) is 15.2 Å². The lowest BCUT2D eigenvalue weighted by Gasteiger charge is -2.11. The van der Waals surface area contributed by atoms with E-state index in [0.717, 1.165) is 11.4 Å². The van der Waals surface area contributed by atoms with Gasteiger partial charge in [0.1, 0.15) is 5.82 Å². The van der Waals surface area contributed by atoms with Gasteiger partial charge in [0, 0.05) is 37.2 Å². The number of para-hydroxylation sites is 1. The molecule has 2 N–H and O–H groups in total. The van der Waals surface area contributed by atoms with Crippen LogP contribution in [0, 0.1) is 12.3 Å². The molecular formula is C19H22N6O. The third-order valence-electron chi connectivity index (χ3n) is 4.30. The number of rotatable bonds is 8. The van der Waals surface area contributed by atoms with Crippen LogP contribution in [0.3, 0.4) is 0 Å². The highest BCUT2D eigenvalue weighted by molar-refractivity contribution is 5.94. The molecule has 134 valence electrons. The van der Waals surface area contributed by atoms with Gasteiger partial charge >= 0.3 is 0 Å². The van der Waals surface area contributed by atoms with Crippen LogP contribution in [-0.2, 0) is 4.79 Å². The SMILES string of the molecule is C#CCCC1(CCC(=O)Nc2ccccc2-c2n[nH]c(C(C)C)n2)N=N1. The quantitative estimate of drug-likeness (QED) is 0.707. The number of amides is 1. The lowest BCUT2D eigenvalue weighted by molar-refractivity contribution is -0.116. The Morgan fingerprint density at radius 1 is 1.31 bits per heavy atom. The van der Waals surface area contributed by atoms with E-state index in [1.807, 2.05) is 38.1 Å². The fourth-order valence-electron chi connectivity index (χ4n) is 2.63. The predicted octanol–water partition coefficient (Wildman–Crippen LogP) is 3.89. The van der Waals surface area contributed by atoms with Crippen LogP contribution >= 0.6 is 0 Å². The van der Waals surface area contributed by atoms with Crippen LogP contribution < -0.4 is 5.32 Å². The molecule has 0 unspecified atom stereocenters. The standard InChI is InChI=1S/C19H22N6O/c1-4-5-11-19(24-25-19)12-10-16(26)20-15-9-7-6-8-14(15)18-21-17(13(2)3)22-23-18/h1,6-9,13H,5,10-12H2,2-3H3,(H,20,26)(H,21,22,23). The Labute approximate surface area is 152 Å². The van der Waals surface area contributed by atoms with Crippen molar-refractivity contribution < 1.29 is 4.79 Å². The number of hydrogen-bond acceptors (Lipinski definition) is 5. The van der Waals surface area contributed by atoms with Gasteiger partial charge < -0.3 is 5.32 Å². The van der Waals surface area contributed by atoms with Crippen molar-refractivity contribution in [1.29, 1.82) is 0 Å². The summed E-state index contributed by atoms with van der Waals surface area (Å²) in [6.07, 6.45) is 7.50. The molecule has 2 aromatic rings. The van der Waals surface area contributed by atoms with E-state index in [9.17, 15) is 4.79 Å². The monoisotopic (exact) mass is 350 g/mol. The van der Waals surface area contributed by atoms with E-state index in [0.29, 0.717) is 37.2 Å². The third-order valence-corrected chi connectivity index (χ3v) is 4.30. The normalized spacial score (nSPS) is 14.2. The molecule has 0 radical (unpaired) electrons. The average molecular weight is 350 g/mol. The second-order valence-electron chi connectivity index (χ2n) is 6.68. The van der Waals surface area contributed by atoms with Crippen molar-refractivity contribution in [3.8, 4) is 23.7 Å². The van der Waals surface area contributed by atoms with Gasteiger partial charge in [0.15, 0.2) is 11.5 Å².